The molecule has 0 fully saturated rings. The molecule has 16 heavy (non-hydrogen) atoms. The predicted molar refractivity (Wildman–Crippen MR) is 63.5 cm³/mol. The minimum absolute atomic E-state index is 0.0678. The summed E-state index contributed by atoms with van der Waals surface area (Å²) in [6.07, 6.45) is 3.05. The Morgan fingerprint density at radius 3 is 2.75 bits per heavy atom. The van der Waals surface area contributed by atoms with E-state index < -0.39 is 0 Å². The van der Waals surface area contributed by atoms with E-state index in [0.29, 0.717) is 6.04 Å². The molecule has 1 aromatic rings. The van der Waals surface area contributed by atoms with E-state index >= 15 is 0 Å². The van der Waals surface area contributed by atoms with Crippen molar-refractivity contribution < 1.29 is 10.2 Å². The zero-order valence-electron chi connectivity index (χ0n) is 9.90. The number of aromatic hydroxyl groups is 1. The quantitative estimate of drug-likeness (QED) is 0.791. The van der Waals surface area contributed by atoms with Crippen LogP contribution in [0.1, 0.15) is 23.1 Å². The molecule has 1 aromatic carbocycles. The molecule has 0 aromatic heterocycles. The maximum atomic E-state index is 9.67. The van der Waals surface area contributed by atoms with Crippen LogP contribution >= 0.6 is 0 Å². The Labute approximate surface area is 96.3 Å². The van der Waals surface area contributed by atoms with E-state index in [0.717, 1.165) is 30.4 Å². The topological polar surface area (TPSA) is 43.7 Å². The average Bonchev–Trinajstić information content (AvgIpc) is 2.28. The minimum Gasteiger partial charge on any atom is -0.508 e. The van der Waals surface area contributed by atoms with E-state index in [2.05, 4.69) is 19.0 Å². The number of hydrogen-bond acceptors (Lipinski definition) is 3. The number of fused-ring (bicyclic) bond motifs is 1. The van der Waals surface area contributed by atoms with Gasteiger partial charge in [0.15, 0.2) is 0 Å². The Morgan fingerprint density at radius 1 is 1.38 bits per heavy atom. The Bertz CT molecular complexity index is 388. The second-order valence-electron chi connectivity index (χ2n) is 4.72. The van der Waals surface area contributed by atoms with Crippen molar-refractivity contribution >= 4 is 0 Å². The molecule has 1 aliphatic carbocycles. The van der Waals surface area contributed by atoms with Gasteiger partial charge in [0.2, 0.25) is 0 Å². The van der Waals surface area contributed by atoms with Gasteiger partial charge in [0.25, 0.3) is 0 Å². The molecule has 0 aliphatic heterocycles. The lowest BCUT2D eigenvalue weighted by Crippen LogP contribution is -2.33. The molecule has 0 bridgehead atoms. The summed E-state index contributed by atoms with van der Waals surface area (Å²) in [5.41, 5.74) is 3.14. The highest BCUT2D eigenvalue weighted by Gasteiger charge is 2.23. The van der Waals surface area contributed by atoms with Gasteiger partial charge >= 0.3 is 0 Å². The smallest absolute Gasteiger partial charge is 0.121 e. The summed E-state index contributed by atoms with van der Waals surface area (Å²) < 4.78 is 0. The Hall–Kier alpha value is -1.06. The first kappa shape index (κ1) is 11.4. The first-order valence-electron chi connectivity index (χ1n) is 5.73. The van der Waals surface area contributed by atoms with Crippen LogP contribution < -0.4 is 0 Å². The highest BCUT2D eigenvalue weighted by molar-refractivity contribution is 5.45. The molecule has 0 saturated carbocycles. The number of likely N-dealkylation sites (N-methyl/N-ethyl adjacent to an activating group) is 1. The van der Waals surface area contributed by atoms with Crippen LogP contribution in [0.15, 0.2) is 12.1 Å². The van der Waals surface area contributed by atoms with Crippen LogP contribution in [0.4, 0.5) is 0 Å². The Kier molecular flexibility index (Phi) is 3.17. The molecule has 0 amide bonds. The van der Waals surface area contributed by atoms with Crippen molar-refractivity contribution in [1.29, 1.82) is 0 Å². The van der Waals surface area contributed by atoms with Gasteiger partial charge in [0.05, 0.1) is 6.61 Å². The molecule has 1 atom stereocenters. The summed E-state index contributed by atoms with van der Waals surface area (Å²) in [5, 5.41) is 19.0. The van der Waals surface area contributed by atoms with Gasteiger partial charge in [-0.05, 0) is 50.6 Å². The monoisotopic (exact) mass is 221 g/mol. The molecule has 0 saturated heterocycles. The summed E-state index contributed by atoms with van der Waals surface area (Å²) in [6, 6.07) is 4.26. The van der Waals surface area contributed by atoms with Gasteiger partial charge in [-0.25, -0.2) is 0 Å². The standard InChI is InChI=1S/C13H19NO2/c1-14(2)10-4-5-11-9(7-10)3-6-13(16)12(11)8-15/h3,6,10,15-16H,4-5,7-8H2,1-2H3. The van der Waals surface area contributed by atoms with E-state index in [4.69, 9.17) is 0 Å². The summed E-state index contributed by atoms with van der Waals surface area (Å²) in [6.45, 7) is -0.0678. The van der Waals surface area contributed by atoms with Gasteiger partial charge in [-0.1, -0.05) is 6.07 Å². The number of rotatable bonds is 2. The molecule has 0 spiro atoms. The highest BCUT2D eigenvalue weighted by Crippen LogP contribution is 2.31. The van der Waals surface area contributed by atoms with E-state index in [1.165, 1.54) is 5.56 Å². The average molecular weight is 221 g/mol. The number of aliphatic hydroxyl groups is 1. The molecule has 1 unspecified atom stereocenters. The van der Waals surface area contributed by atoms with Crippen molar-refractivity contribution in [3.05, 3.63) is 28.8 Å². The highest BCUT2D eigenvalue weighted by atomic mass is 16.3. The van der Waals surface area contributed by atoms with E-state index in [1.807, 2.05) is 6.07 Å². The number of benzene rings is 1. The predicted octanol–water partition coefficient (Wildman–Crippen LogP) is 1.30. The van der Waals surface area contributed by atoms with E-state index in [1.54, 1.807) is 6.07 Å². The van der Waals surface area contributed by atoms with Crippen LogP contribution in [-0.2, 0) is 19.4 Å². The lowest BCUT2D eigenvalue weighted by atomic mass is 9.85. The Morgan fingerprint density at radius 2 is 2.12 bits per heavy atom. The first-order chi connectivity index (χ1) is 7.63. The fourth-order valence-corrected chi connectivity index (χ4v) is 2.52. The third kappa shape index (κ3) is 1.93. The van der Waals surface area contributed by atoms with Gasteiger partial charge < -0.3 is 15.1 Å². The lowest BCUT2D eigenvalue weighted by molar-refractivity contribution is 0.258. The summed E-state index contributed by atoms with van der Waals surface area (Å²) in [7, 11) is 4.20. The molecular formula is C13H19NO2. The second-order valence-corrected chi connectivity index (χ2v) is 4.72. The van der Waals surface area contributed by atoms with Gasteiger partial charge in [0.1, 0.15) is 5.75 Å². The normalized spacial score (nSPS) is 19.9. The zero-order valence-corrected chi connectivity index (χ0v) is 9.90. The van der Waals surface area contributed by atoms with Crippen LogP contribution in [-0.4, -0.2) is 35.3 Å². The Balaban J connectivity index is 2.34. The number of aliphatic hydroxyl groups excluding tert-OH is 1. The fourth-order valence-electron chi connectivity index (χ4n) is 2.52. The third-order valence-corrected chi connectivity index (χ3v) is 3.57. The number of hydrogen-bond donors (Lipinski definition) is 2. The molecule has 1 aliphatic rings. The maximum Gasteiger partial charge on any atom is 0.121 e. The van der Waals surface area contributed by atoms with Crippen LogP contribution in [0.5, 0.6) is 5.75 Å². The van der Waals surface area contributed by atoms with Crippen molar-refractivity contribution in [2.75, 3.05) is 14.1 Å². The summed E-state index contributed by atoms with van der Waals surface area (Å²) in [5.74, 6) is 0.226. The molecular weight excluding hydrogens is 202 g/mol. The molecule has 88 valence electrons. The van der Waals surface area contributed by atoms with Crippen molar-refractivity contribution in [3.63, 3.8) is 0 Å². The van der Waals surface area contributed by atoms with Crippen molar-refractivity contribution in [1.82, 2.24) is 4.90 Å². The SMILES string of the molecule is CN(C)C1CCc2c(ccc(O)c2CO)C1. The minimum atomic E-state index is -0.0678. The van der Waals surface area contributed by atoms with Gasteiger partial charge in [-0.3, -0.25) is 0 Å². The largest absolute Gasteiger partial charge is 0.508 e. The first-order valence-corrected chi connectivity index (χ1v) is 5.73. The molecule has 0 radical (unpaired) electrons. The van der Waals surface area contributed by atoms with Crippen LogP contribution in [0.25, 0.3) is 0 Å². The maximum absolute atomic E-state index is 9.67. The molecule has 3 nitrogen and oxygen atoms in total. The van der Waals surface area contributed by atoms with Gasteiger partial charge in [-0.15, -0.1) is 0 Å². The molecule has 2 rings (SSSR count). The van der Waals surface area contributed by atoms with Crippen molar-refractivity contribution in [3.8, 4) is 5.75 Å². The van der Waals surface area contributed by atoms with Crippen molar-refractivity contribution in [2.45, 2.75) is 31.9 Å². The summed E-state index contributed by atoms with van der Waals surface area (Å²) >= 11 is 0. The third-order valence-electron chi connectivity index (χ3n) is 3.57. The number of phenols is 1. The van der Waals surface area contributed by atoms with Crippen molar-refractivity contribution in [2.24, 2.45) is 0 Å². The molecule has 2 N–H and O–H groups in total. The molecule has 3 heteroatoms. The summed E-state index contributed by atoms with van der Waals surface area (Å²) in [4.78, 5) is 2.24. The van der Waals surface area contributed by atoms with E-state index in [-0.39, 0.29) is 12.4 Å². The van der Waals surface area contributed by atoms with Crippen LogP contribution in [0.2, 0.25) is 0 Å². The van der Waals surface area contributed by atoms with E-state index in [9.17, 15) is 10.2 Å². The van der Waals surface area contributed by atoms with Gasteiger partial charge in [-0.2, -0.15) is 0 Å². The fraction of sp³-hybridized carbons (Fsp3) is 0.538. The van der Waals surface area contributed by atoms with Gasteiger partial charge in [0, 0.05) is 11.6 Å². The van der Waals surface area contributed by atoms with Crippen LogP contribution in [0.3, 0.4) is 0 Å². The zero-order chi connectivity index (χ0) is 11.7. The van der Waals surface area contributed by atoms with Crippen LogP contribution in [0, 0.1) is 0 Å². The second kappa shape index (κ2) is 4.44. The molecule has 0 heterocycles. The number of nitrogens with zero attached hydrogens (tertiary/aromatic N) is 1. The lowest BCUT2D eigenvalue weighted by Gasteiger charge is -2.31.